The molecule has 0 aliphatic carbocycles. The number of nitrogens with zero attached hydrogens (tertiary/aromatic N) is 5. The number of alkyl halides is 3. The van der Waals surface area contributed by atoms with E-state index in [2.05, 4.69) is 15.3 Å². The number of likely N-dealkylation sites (tertiary alicyclic amines) is 1. The lowest BCUT2D eigenvalue weighted by atomic mass is 9.97. The molecule has 2 unspecified atom stereocenters. The van der Waals surface area contributed by atoms with Gasteiger partial charge in [-0.3, -0.25) is 14.0 Å². The summed E-state index contributed by atoms with van der Waals surface area (Å²) in [6.07, 6.45) is 0.172. The molecular formula is C27H26F3N7O3. The van der Waals surface area contributed by atoms with Gasteiger partial charge in [0.05, 0.1) is 5.56 Å². The van der Waals surface area contributed by atoms with Gasteiger partial charge in [0, 0.05) is 48.7 Å². The van der Waals surface area contributed by atoms with Crippen LogP contribution in [0.4, 0.5) is 24.8 Å². The normalized spacial score (nSPS) is 16.6. The lowest BCUT2D eigenvalue weighted by Crippen LogP contribution is -2.43. The van der Waals surface area contributed by atoms with Gasteiger partial charge in [-0.1, -0.05) is 12.1 Å². The molecule has 0 radical (unpaired) electrons. The highest BCUT2D eigenvalue weighted by Crippen LogP contribution is 2.34. The van der Waals surface area contributed by atoms with E-state index in [-0.39, 0.29) is 29.0 Å². The van der Waals surface area contributed by atoms with E-state index in [4.69, 9.17) is 10.7 Å². The van der Waals surface area contributed by atoms with E-state index < -0.39 is 23.8 Å². The molecular weight excluding hydrogens is 527 g/mol. The first-order valence-corrected chi connectivity index (χ1v) is 12.6. The highest BCUT2D eigenvalue weighted by Gasteiger charge is 2.32. The number of aliphatic hydroxyl groups is 1. The Balaban J connectivity index is 1.42. The van der Waals surface area contributed by atoms with Crippen molar-refractivity contribution in [2.45, 2.75) is 38.0 Å². The van der Waals surface area contributed by atoms with Gasteiger partial charge in [0.15, 0.2) is 0 Å². The third kappa shape index (κ3) is 5.32. The SMILES string of the molecule is CC(O)C(=O)N1CCCC(c2nc(-c3ccc(C(=O)Nc4cc(C(F)(F)F)ccn4)cc3)c3c(N)nccn23)C1. The summed E-state index contributed by atoms with van der Waals surface area (Å²) in [5, 5.41) is 12.2. The number of nitrogen functional groups attached to an aromatic ring is 1. The predicted octanol–water partition coefficient (Wildman–Crippen LogP) is 3.73. The number of amides is 2. The quantitative estimate of drug-likeness (QED) is 0.342. The first-order valence-electron chi connectivity index (χ1n) is 12.6. The van der Waals surface area contributed by atoms with E-state index in [0.717, 1.165) is 31.2 Å². The zero-order valence-electron chi connectivity index (χ0n) is 21.4. The van der Waals surface area contributed by atoms with Crippen molar-refractivity contribution in [1.82, 2.24) is 24.3 Å². The van der Waals surface area contributed by atoms with Crippen LogP contribution in [0.5, 0.6) is 0 Å². The van der Waals surface area contributed by atoms with E-state index in [1.807, 2.05) is 4.40 Å². The van der Waals surface area contributed by atoms with Gasteiger partial charge < -0.3 is 21.1 Å². The third-order valence-electron chi connectivity index (χ3n) is 6.82. The summed E-state index contributed by atoms with van der Waals surface area (Å²) in [5.74, 6) is -0.338. The number of anilines is 2. The second-order valence-corrected chi connectivity index (χ2v) is 9.61. The summed E-state index contributed by atoms with van der Waals surface area (Å²) >= 11 is 0. The summed E-state index contributed by atoms with van der Waals surface area (Å²) in [4.78, 5) is 39.6. The fraction of sp³-hybridized carbons (Fsp3) is 0.296. The van der Waals surface area contributed by atoms with Gasteiger partial charge in [-0.25, -0.2) is 15.0 Å². The van der Waals surface area contributed by atoms with Crippen LogP contribution in [0, 0.1) is 0 Å². The number of piperidine rings is 1. The highest BCUT2D eigenvalue weighted by atomic mass is 19.4. The van der Waals surface area contributed by atoms with Crippen molar-refractivity contribution in [3.05, 3.63) is 71.9 Å². The lowest BCUT2D eigenvalue weighted by molar-refractivity contribution is -0.140. The standard InChI is InChI=1S/C27H26F3N7O3/c1-15(38)26(40)36-11-2-3-18(14-36)24-35-21(22-23(31)33-10-12-37(22)24)16-4-6-17(7-5-16)25(39)34-20-13-19(8-9-32-20)27(28,29)30/h4-10,12-13,15,18,38H,2-3,11,14H2,1H3,(H2,31,33)(H,32,34,39). The van der Waals surface area contributed by atoms with E-state index in [1.165, 1.54) is 19.1 Å². The van der Waals surface area contributed by atoms with Gasteiger partial charge in [0.25, 0.3) is 11.8 Å². The molecule has 0 spiro atoms. The molecule has 3 aromatic heterocycles. The fourth-order valence-electron chi connectivity index (χ4n) is 4.87. The predicted molar refractivity (Wildman–Crippen MR) is 140 cm³/mol. The summed E-state index contributed by atoms with van der Waals surface area (Å²) in [6.45, 7) is 2.40. The minimum absolute atomic E-state index is 0.107. The average Bonchev–Trinajstić information content (AvgIpc) is 3.33. The maximum atomic E-state index is 13.0. The number of rotatable bonds is 5. The molecule has 40 heavy (non-hydrogen) atoms. The van der Waals surface area contributed by atoms with Crippen molar-refractivity contribution in [1.29, 1.82) is 0 Å². The molecule has 1 aliphatic heterocycles. The van der Waals surface area contributed by atoms with Crippen LogP contribution >= 0.6 is 0 Å². The molecule has 0 saturated carbocycles. The molecule has 5 rings (SSSR count). The number of aromatic nitrogens is 4. The minimum atomic E-state index is -4.56. The number of aliphatic hydroxyl groups excluding tert-OH is 1. The first kappa shape index (κ1) is 27.1. The molecule has 10 nitrogen and oxygen atoms in total. The van der Waals surface area contributed by atoms with Crippen LogP contribution in [-0.2, 0) is 11.0 Å². The fourth-order valence-corrected chi connectivity index (χ4v) is 4.87. The van der Waals surface area contributed by atoms with Crippen molar-refractivity contribution < 1.29 is 27.9 Å². The number of fused-ring (bicyclic) bond motifs is 1. The summed E-state index contributed by atoms with van der Waals surface area (Å²) in [6, 6.07) is 7.97. The number of halogens is 3. The molecule has 2 atom stereocenters. The number of carbonyl (C=O) groups excluding carboxylic acids is 2. The van der Waals surface area contributed by atoms with Crippen LogP contribution in [0.2, 0.25) is 0 Å². The molecule has 0 bridgehead atoms. The van der Waals surface area contributed by atoms with Crippen LogP contribution in [0.25, 0.3) is 16.8 Å². The van der Waals surface area contributed by atoms with Crippen LogP contribution in [0.15, 0.2) is 55.0 Å². The monoisotopic (exact) mass is 553 g/mol. The Morgan fingerprint density at radius 3 is 2.60 bits per heavy atom. The first-order chi connectivity index (χ1) is 19.0. The summed E-state index contributed by atoms with van der Waals surface area (Å²) in [5.41, 5.74) is 7.27. The number of nitrogens with one attached hydrogen (secondary N) is 1. The number of hydrogen-bond donors (Lipinski definition) is 3. The second-order valence-electron chi connectivity index (χ2n) is 9.61. The molecule has 1 aliphatic rings. The van der Waals surface area contributed by atoms with E-state index in [1.54, 1.807) is 29.4 Å². The molecule has 1 aromatic carbocycles. The Bertz CT molecular complexity index is 1570. The zero-order chi connectivity index (χ0) is 28.6. The van der Waals surface area contributed by atoms with Crippen LogP contribution in [0.3, 0.4) is 0 Å². The van der Waals surface area contributed by atoms with Crippen molar-refractivity contribution in [2.75, 3.05) is 24.1 Å². The number of benzene rings is 1. The van der Waals surface area contributed by atoms with Gasteiger partial charge in [0.2, 0.25) is 0 Å². The Hall–Kier alpha value is -4.52. The summed E-state index contributed by atoms with van der Waals surface area (Å²) < 4.78 is 40.8. The van der Waals surface area contributed by atoms with E-state index >= 15 is 0 Å². The average molecular weight is 554 g/mol. The smallest absolute Gasteiger partial charge is 0.384 e. The number of nitrogens with two attached hydrogens (primary N) is 1. The molecule has 2 amide bonds. The number of imidazole rings is 1. The molecule has 13 heteroatoms. The maximum absolute atomic E-state index is 13.0. The largest absolute Gasteiger partial charge is 0.416 e. The molecule has 208 valence electrons. The van der Waals surface area contributed by atoms with Crippen LogP contribution in [0.1, 0.15) is 47.4 Å². The van der Waals surface area contributed by atoms with E-state index in [0.29, 0.717) is 35.7 Å². The third-order valence-corrected chi connectivity index (χ3v) is 6.82. The van der Waals surface area contributed by atoms with Gasteiger partial charge in [-0.15, -0.1) is 0 Å². The topological polar surface area (TPSA) is 139 Å². The van der Waals surface area contributed by atoms with Crippen molar-refractivity contribution in [3.63, 3.8) is 0 Å². The Morgan fingerprint density at radius 1 is 1.15 bits per heavy atom. The Labute approximate surface area is 226 Å². The van der Waals surface area contributed by atoms with Gasteiger partial charge in [-0.2, -0.15) is 13.2 Å². The molecule has 4 heterocycles. The van der Waals surface area contributed by atoms with Crippen molar-refractivity contribution in [2.24, 2.45) is 0 Å². The number of hydrogen-bond acceptors (Lipinski definition) is 7. The second kappa shape index (κ2) is 10.6. The van der Waals surface area contributed by atoms with Crippen molar-refractivity contribution >= 4 is 29.0 Å². The summed E-state index contributed by atoms with van der Waals surface area (Å²) in [7, 11) is 0. The maximum Gasteiger partial charge on any atom is 0.416 e. The molecule has 4 N–H and O–H groups in total. The highest BCUT2D eigenvalue weighted by molar-refractivity contribution is 6.04. The van der Waals surface area contributed by atoms with Gasteiger partial charge >= 0.3 is 6.18 Å². The van der Waals surface area contributed by atoms with E-state index in [9.17, 15) is 27.9 Å². The Morgan fingerprint density at radius 2 is 1.90 bits per heavy atom. The van der Waals surface area contributed by atoms with Gasteiger partial charge in [-0.05, 0) is 44.0 Å². The minimum Gasteiger partial charge on any atom is -0.384 e. The molecule has 1 saturated heterocycles. The Kier molecular flexibility index (Phi) is 7.15. The van der Waals surface area contributed by atoms with Crippen molar-refractivity contribution in [3.8, 4) is 11.3 Å². The van der Waals surface area contributed by atoms with Crippen LogP contribution in [-0.4, -0.2) is 60.4 Å². The number of carbonyl (C=O) groups is 2. The molecule has 4 aromatic rings. The lowest BCUT2D eigenvalue weighted by Gasteiger charge is -2.33. The van der Waals surface area contributed by atoms with Crippen LogP contribution < -0.4 is 11.1 Å². The molecule has 1 fully saturated rings. The van der Waals surface area contributed by atoms with Gasteiger partial charge in [0.1, 0.15) is 34.8 Å². The zero-order valence-corrected chi connectivity index (χ0v) is 21.4. The number of pyridine rings is 1.